The Labute approximate surface area is 101 Å². The maximum Gasteiger partial charge on any atom is 0.208 e. The predicted molar refractivity (Wildman–Crippen MR) is 68.3 cm³/mol. The molecule has 0 spiro atoms. The second-order valence-corrected chi connectivity index (χ2v) is 6.39. The minimum atomic E-state index is 0.114. The molecule has 0 aromatic carbocycles. The van der Waals surface area contributed by atoms with Crippen LogP contribution < -0.4 is 4.90 Å². The van der Waals surface area contributed by atoms with E-state index in [9.17, 15) is 0 Å². The lowest BCUT2D eigenvalue weighted by Gasteiger charge is -2.31. The van der Waals surface area contributed by atoms with Gasteiger partial charge in [-0.2, -0.15) is 0 Å². The second kappa shape index (κ2) is 4.30. The third-order valence-electron chi connectivity index (χ3n) is 2.83. The molecule has 0 saturated carbocycles. The van der Waals surface area contributed by atoms with Crippen LogP contribution in [0.15, 0.2) is 0 Å². The van der Waals surface area contributed by atoms with Gasteiger partial charge in [0.2, 0.25) is 5.13 Å². The van der Waals surface area contributed by atoms with E-state index in [-0.39, 0.29) is 5.41 Å². The van der Waals surface area contributed by atoms with Crippen molar-refractivity contribution in [2.75, 3.05) is 38.1 Å². The quantitative estimate of drug-likeness (QED) is 0.746. The Morgan fingerprint density at radius 1 is 1.06 bits per heavy atom. The van der Waals surface area contributed by atoms with E-state index in [0.29, 0.717) is 0 Å². The number of aromatic nitrogens is 2. The van der Waals surface area contributed by atoms with Crippen LogP contribution in [0.2, 0.25) is 0 Å². The Hall–Kier alpha value is -0.680. The highest BCUT2D eigenvalue weighted by molar-refractivity contribution is 7.15. The Bertz CT molecular complexity index is 347. The highest BCUT2D eigenvalue weighted by atomic mass is 32.1. The third kappa shape index (κ3) is 2.52. The standard InChI is InChI=1S/C11H20N4S/c1-11(2,3)9-12-13-10(16-9)15-7-5-14(4)6-8-15/h5-8H2,1-4H3. The molecular formula is C11H20N4S. The summed E-state index contributed by atoms with van der Waals surface area (Å²) in [5.41, 5.74) is 0.114. The molecule has 0 aliphatic carbocycles. The summed E-state index contributed by atoms with van der Waals surface area (Å²) in [4.78, 5) is 4.69. The van der Waals surface area contributed by atoms with Crippen LogP contribution in [0.1, 0.15) is 25.8 Å². The van der Waals surface area contributed by atoms with Gasteiger partial charge in [0.05, 0.1) is 0 Å². The molecule has 0 amide bonds. The molecule has 90 valence electrons. The Morgan fingerprint density at radius 3 is 2.19 bits per heavy atom. The van der Waals surface area contributed by atoms with Crippen LogP contribution in [-0.2, 0) is 5.41 Å². The molecule has 0 atom stereocenters. The molecule has 1 saturated heterocycles. The van der Waals surface area contributed by atoms with Crippen LogP contribution >= 0.6 is 11.3 Å². The topological polar surface area (TPSA) is 32.3 Å². The molecule has 2 rings (SSSR count). The summed E-state index contributed by atoms with van der Waals surface area (Å²) in [7, 11) is 2.16. The largest absolute Gasteiger partial charge is 0.344 e. The maximum absolute atomic E-state index is 4.31. The van der Waals surface area contributed by atoms with Crippen molar-refractivity contribution in [3.8, 4) is 0 Å². The number of likely N-dealkylation sites (N-methyl/N-ethyl adjacent to an activating group) is 1. The van der Waals surface area contributed by atoms with E-state index < -0.39 is 0 Å². The van der Waals surface area contributed by atoms with Gasteiger partial charge >= 0.3 is 0 Å². The monoisotopic (exact) mass is 240 g/mol. The molecule has 1 aliphatic heterocycles. The number of rotatable bonds is 1. The van der Waals surface area contributed by atoms with Crippen molar-refractivity contribution < 1.29 is 0 Å². The third-order valence-corrected chi connectivity index (χ3v) is 4.24. The van der Waals surface area contributed by atoms with Gasteiger partial charge < -0.3 is 9.80 Å². The zero-order valence-corrected chi connectivity index (χ0v) is 11.3. The summed E-state index contributed by atoms with van der Waals surface area (Å²) < 4.78 is 0. The molecule has 0 N–H and O–H groups in total. The second-order valence-electron chi connectivity index (χ2n) is 5.43. The van der Waals surface area contributed by atoms with Gasteiger partial charge in [-0.1, -0.05) is 32.1 Å². The van der Waals surface area contributed by atoms with Crippen molar-refractivity contribution in [2.45, 2.75) is 26.2 Å². The van der Waals surface area contributed by atoms with Crippen molar-refractivity contribution in [2.24, 2.45) is 0 Å². The van der Waals surface area contributed by atoms with Gasteiger partial charge in [-0.3, -0.25) is 0 Å². The van der Waals surface area contributed by atoms with Gasteiger partial charge in [0.15, 0.2) is 0 Å². The summed E-state index contributed by atoms with van der Waals surface area (Å²) in [5.74, 6) is 0. The molecule has 1 fully saturated rings. The van der Waals surface area contributed by atoms with Crippen molar-refractivity contribution in [1.29, 1.82) is 0 Å². The van der Waals surface area contributed by atoms with Gasteiger partial charge in [0.1, 0.15) is 5.01 Å². The lowest BCUT2D eigenvalue weighted by Crippen LogP contribution is -2.44. The molecule has 0 unspecified atom stereocenters. The first kappa shape index (κ1) is 11.8. The highest BCUT2D eigenvalue weighted by Crippen LogP contribution is 2.29. The minimum absolute atomic E-state index is 0.114. The Balaban J connectivity index is 2.08. The van der Waals surface area contributed by atoms with Crippen LogP contribution in [0, 0.1) is 0 Å². The van der Waals surface area contributed by atoms with Crippen LogP contribution in [0.4, 0.5) is 5.13 Å². The zero-order chi connectivity index (χ0) is 11.8. The highest BCUT2D eigenvalue weighted by Gasteiger charge is 2.23. The predicted octanol–water partition coefficient (Wildman–Crippen LogP) is 1.59. The van der Waals surface area contributed by atoms with Crippen molar-refractivity contribution in [3.63, 3.8) is 0 Å². The van der Waals surface area contributed by atoms with E-state index in [1.54, 1.807) is 11.3 Å². The molecule has 0 radical (unpaired) electrons. The summed E-state index contributed by atoms with van der Waals surface area (Å²) in [5, 5.41) is 10.8. The van der Waals surface area contributed by atoms with Crippen LogP contribution in [0.25, 0.3) is 0 Å². The fourth-order valence-corrected chi connectivity index (χ4v) is 2.60. The van der Waals surface area contributed by atoms with Crippen LogP contribution in [0.3, 0.4) is 0 Å². The number of piperazine rings is 1. The average molecular weight is 240 g/mol. The summed E-state index contributed by atoms with van der Waals surface area (Å²) >= 11 is 1.73. The first-order valence-electron chi connectivity index (χ1n) is 5.74. The van der Waals surface area contributed by atoms with Crippen molar-refractivity contribution >= 4 is 16.5 Å². The molecule has 0 bridgehead atoms. The molecule has 5 heteroatoms. The average Bonchev–Trinajstić information content (AvgIpc) is 2.67. The Kier molecular flexibility index (Phi) is 3.17. The lowest BCUT2D eigenvalue weighted by atomic mass is 9.98. The van der Waals surface area contributed by atoms with Crippen molar-refractivity contribution in [1.82, 2.24) is 15.1 Å². The van der Waals surface area contributed by atoms with Gasteiger partial charge in [-0.05, 0) is 7.05 Å². The van der Waals surface area contributed by atoms with E-state index in [0.717, 1.165) is 36.3 Å². The maximum atomic E-state index is 4.31. The molecule has 2 heterocycles. The number of hydrogen-bond acceptors (Lipinski definition) is 5. The summed E-state index contributed by atoms with van der Waals surface area (Å²) in [6.07, 6.45) is 0. The first-order valence-corrected chi connectivity index (χ1v) is 6.56. The number of hydrogen-bond donors (Lipinski definition) is 0. The van der Waals surface area contributed by atoms with Crippen LogP contribution in [0.5, 0.6) is 0 Å². The molecule has 16 heavy (non-hydrogen) atoms. The van der Waals surface area contributed by atoms with Crippen LogP contribution in [-0.4, -0.2) is 48.3 Å². The van der Waals surface area contributed by atoms with E-state index in [4.69, 9.17) is 0 Å². The number of nitrogens with zero attached hydrogens (tertiary/aromatic N) is 4. The fraction of sp³-hybridized carbons (Fsp3) is 0.818. The number of anilines is 1. The molecule has 1 aromatic rings. The molecule has 4 nitrogen and oxygen atoms in total. The summed E-state index contributed by atoms with van der Waals surface area (Å²) in [6, 6.07) is 0. The van der Waals surface area contributed by atoms with E-state index >= 15 is 0 Å². The molecule has 1 aliphatic rings. The Morgan fingerprint density at radius 2 is 1.69 bits per heavy atom. The molecular weight excluding hydrogens is 220 g/mol. The lowest BCUT2D eigenvalue weighted by molar-refractivity contribution is 0.312. The van der Waals surface area contributed by atoms with Gasteiger partial charge in [0, 0.05) is 31.6 Å². The zero-order valence-electron chi connectivity index (χ0n) is 10.5. The first-order chi connectivity index (χ1) is 7.47. The van der Waals surface area contributed by atoms with Gasteiger partial charge in [-0.25, -0.2) is 0 Å². The van der Waals surface area contributed by atoms with E-state index in [1.165, 1.54) is 0 Å². The normalized spacial score (nSPS) is 19.1. The van der Waals surface area contributed by atoms with Gasteiger partial charge in [0.25, 0.3) is 0 Å². The van der Waals surface area contributed by atoms with E-state index in [2.05, 4.69) is 47.8 Å². The summed E-state index contributed by atoms with van der Waals surface area (Å²) in [6.45, 7) is 10.9. The minimum Gasteiger partial charge on any atom is -0.344 e. The van der Waals surface area contributed by atoms with E-state index in [1.807, 2.05) is 0 Å². The smallest absolute Gasteiger partial charge is 0.208 e. The SMILES string of the molecule is CN1CCN(c2nnc(C(C)(C)C)s2)CC1. The molecule has 1 aromatic heterocycles. The van der Waals surface area contributed by atoms with Crippen molar-refractivity contribution in [3.05, 3.63) is 5.01 Å². The fourth-order valence-electron chi connectivity index (χ4n) is 1.64. The van der Waals surface area contributed by atoms with Gasteiger partial charge in [-0.15, -0.1) is 10.2 Å².